The molecule has 10 heterocycles. The van der Waals surface area contributed by atoms with Gasteiger partial charge < -0.3 is 0 Å². The Balaban J connectivity index is 0.932. The van der Waals surface area contributed by atoms with Gasteiger partial charge in [-0.05, 0) is 0 Å². The van der Waals surface area contributed by atoms with Gasteiger partial charge in [0.25, 0.3) is 0 Å². The Morgan fingerprint density at radius 3 is 1.40 bits per heavy atom. The molecule has 242 valence electrons. The Morgan fingerprint density at radius 2 is 1.02 bits per heavy atom. The van der Waals surface area contributed by atoms with Crippen molar-refractivity contribution in [2.75, 3.05) is 21.3 Å². The summed E-state index contributed by atoms with van der Waals surface area (Å²) < 4.78 is 28.4. The SMILES string of the molecule is COc1ccc(OP(Oc2ccc(OC)cc2)N(C)[C@H](C)[C@@]23[CH]4[CH]5[CH]6[C]2(P(c2ccccc2)c2ccccc2)[Fe]56432789[CH]3[CH]2[CH]7[CH]8[CH]39)cc1. The van der Waals surface area contributed by atoms with E-state index in [9.17, 15) is 0 Å². The normalized spacial score (nSPS) is 52.7. The van der Waals surface area contributed by atoms with Crippen LogP contribution in [0.1, 0.15) is 6.92 Å². The van der Waals surface area contributed by atoms with E-state index in [1.807, 2.05) is 48.5 Å². The van der Waals surface area contributed by atoms with Crippen LogP contribution in [0.4, 0.5) is 0 Å². The van der Waals surface area contributed by atoms with Crippen LogP contribution in [-0.4, -0.2) is 36.0 Å². The first kappa shape index (κ1) is 25.4. The molecule has 8 heteroatoms. The topological polar surface area (TPSA) is 40.2 Å². The van der Waals surface area contributed by atoms with Crippen LogP contribution in [0.2, 0.25) is 42.8 Å². The van der Waals surface area contributed by atoms with Crippen molar-refractivity contribution in [2.24, 2.45) is 0 Å². The molecule has 0 aromatic heterocycles. The molecular formula is C39H39FeNO4P2. The number of rotatable bonds is 12. The molecule has 4 aromatic carbocycles. The van der Waals surface area contributed by atoms with E-state index in [0.717, 1.165) is 32.6 Å². The van der Waals surface area contributed by atoms with Crippen molar-refractivity contribution in [1.29, 1.82) is 0 Å². The quantitative estimate of drug-likeness (QED) is 0.109. The molecule has 1 spiro atoms. The van der Waals surface area contributed by atoms with Gasteiger partial charge in [-0.1, -0.05) is 0 Å². The zero-order chi connectivity index (χ0) is 31.3. The molecule has 0 bridgehead atoms. The number of ether oxygens (including phenoxy) is 2. The van der Waals surface area contributed by atoms with Crippen LogP contribution in [0, 0.1) is 0 Å². The van der Waals surface area contributed by atoms with Gasteiger partial charge >= 0.3 is 270 Å². The molecule has 0 amide bonds. The number of methoxy groups -OCH3 is 2. The summed E-state index contributed by atoms with van der Waals surface area (Å²) >= 11 is 0. The second kappa shape index (κ2) is 4.59. The van der Waals surface area contributed by atoms with Crippen molar-refractivity contribution in [3.63, 3.8) is 0 Å². The minimum absolute atomic E-state index is 0.430. The zero-order valence-corrected chi connectivity index (χ0v) is 29.8. The summed E-state index contributed by atoms with van der Waals surface area (Å²) in [5.74, 6) is 3.30. The fraction of sp³-hybridized carbons (Fsp3) is 0.385. The molecule has 0 saturated carbocycles. The van der Waals surface area contributed by atoms with Gasteiger partial charge in [-0.2, -0.15) is 0 Å². The third-order valence-corrected chi connectivity index (χ3v) is 72.9. The molecule has 5 nitrogen and oxygen atoms in total. The maximum atomic E-state index is 6.90. The van der Waals surface area contributed by atoms with Crippen LogP contribution >= 0.6 is 16.4 Å². The molecule has 4 unspecified atom stereocenters. The van der Waals surface area contributed by atoms with Crippen molar-refractivity contribution < 1.29 is 25.0 Å². The van der Waals surface area contributed by atoms with Crippen molar-refractivity contribution in [2.45, 2.75) is 59.9 Å². The van der Waals surface area contributed by atoms with Crippen LogP contribution < -0.4 is 29.1 Å². The molecule has 0 N–H and O–H groups in total. The number of hydrogen-bond donors (Lipinski definition) is 0. The first-order chi connectivity index (χ1) is 22.8. The summed E-state index contributed by atoms with van der Waals surface area (Å²) in [6, 6.07) is 40.1. The maximum absolute atomic E-state index is 6.90. The molecule has 4 aromatic rings. The molecule has 10 aliphatic rings. The third kappa shape index (κ3) is 0.825. The standard InChI is InChI=1S/C34H34NO4P2.C5H5.Fe/c1-26(33-16-11-17-34(33)40(31-12-7-5-8-13-31)32-14-9-6-10-15-32)35(2)41(38-29-22-18-27(36-3)19-23-29)39-30-24-20-28(37-4)21-25-30;1-2-4-5-3-1;/h5-26H,1-4H3;1-5H;/t26-;;/m1../s1. The van der Waals surface area contributed by atoms with E-state index >= 15 is 0 Å². The Labute approximate surface area is 269 Å². The third-order valence-electron chi connectivity index (χ3n) is 21.2. The van der Waals surface area contributed by atoms with Crippen molar-refractivity contribution in [3.05, 3.63) is 109 Å². The first-order valence-electron chi connectivity index (χ1n) is 17.1. The van der Waals surface area contributed by atoms with E-state index in [1.165, 1.54) is 28.9 Å². The van der Waals surface area contributed by atoms with Crippen molar-refractivity contribution >= 4 is 27.1 Å². The van der Waals surface area contributed by atoms with Gasteiger partial charge in [-0.3, -0.25) is 0 Å². The summed E-state index contributed by atoms with van der Waals surface area (Å²) in [6.45, 7) is -1.36. The molecule has 0 radical (unpaired) electrons. The number of fused-ring (bicyclic) bond motifs is 10. The van der Waals surface area contributed by atoms with Crippen LogP contribution in [-0.2, 0) is 6.51 Å². The van der Waals surface area contributed by atoms with Crippen LogP contribution in [0.3, 0.4) is 0 Å². The summed E-state index contributed by atoms with van der Waals surface area (Å²) in [5, 5.41) is 3.28. The van der Waals surface area contributed by atoms with E-state index in [0.29, 0.717) is 14.4 Å². The monoisotopic (exact) mass is 703 g/mol. The van der Waals surface area contributed by atoms with Crippen molar-refractivity contribution in [3.8, 4) is 23.0 Å². The molecule has 10 fully saturated rings. The van der Waals surface area contributed by atoms with Gasteiger partial charge in [0.05, 0.1) is 0 Å². The van der Waals surface area contributed by atoms with E-state index in [2.05, 4.69) is 79.3 Å². The van der Waals surface area contributed by atoms with Crippen LogP contribution in [0.25, 0.3) is 0 Å². The van der Waals surface area contributed by atoms with E-state index in [4.69, 9.17) is 18.5 Å². The zero-order valence-electron chi connectivity index (χ0n) is 26.9. The Kier molecular flexibility index (Phi) is 2.48. The van der Waals surface area contributed by atoms with E-state index in [1.54, 1.807) is 24.8 Å². The predicted molar refractivity (Wildman–Crippen MR) is 186 cm³/mol. The predicted octanol–water partition coefficient (Wildman–Crippen LogP) is 9.51. The molecule has 10 aliphatic heterocycles. The van der Waals surface area contributed by atoms with Gasteiger partial charge in [-0.25, -0.2) is 0 Å². The van der Waals surface area contributed by atoms with E-state index < -0.39 is 23.0 Å². The molecule has 47 heavy (non-hydrogen) atoms. The van der Waals surface area contributed by atoms with Gasteiger partial charge in [-0.15, -0.1) is 0 Å². The number of hydrogen-bond acceptors (Lipinski definition) is 5. The Bertz CT molecular complexity index is 2330. The van der Waals surface area contributed by atoms with Gasteiger partial charge in [0.1, 0.15) is 0 Å². The number of nitrogens with zero attached hydrogens (tertiary/aromatic N) is 1. The minimum atomic E-state index is -3.98. The van der Waals surface area contributed by atoms with Crippen molar-refractivity contribution in [1.82, 2.24) is 4.67 Å². The fourth-order valence-corrected chi connectivity index (χ4v) is 115. The van der Waals surface area contributed by atoms with Crippen LogP contribution in [0.15, 0.2) is 109 Å². The van der Waals surface area contributed by atoms with E-state index in [-0.39, 0.29) is 0 Å². The van der Waals surface area contributed by atoms with Gasteiger partial charge in [0, 0.05) is 0 Å². The summed E-state index contributed by atoms with van der Waals surface area (Å²) in [6.07, 6.45) is 0. The molecule has 14 rings (SSSR count). The first-order valence-corrected chi connectivity index (χ1v) is 25.7. The summed E-state index contributed by atoms with van der Waals surface area (Å²) in [4.78, 5) is 9.34. The van der Waals surface area contributed by atoms with Gasteiger partial charge in [0.2, 0.25) is 0 Å². The molecule has 6 atom stereocenters. The summed E-state index contributed by atoms with van der Waals surface area (Å²) in [5.41, 5.74) is 0. The average molecular weight is 704 g/mol. The second-order valence-corrected chi connectivity index (χ2v) is 45.3. The number of benzene rings is 4. The van der Waals surface area contributed by atoms with Gasteiger partial charge in [0.15, 0.2) is 0 Å². The molecular weight excluding hydrogens is 664 g/mol. The summed E-state index contributed by atoms with van der Waals surface area (Å²) in [7, 11) is 3.88. The molecule has 0 aliphatic carbocycles. The second-order valence-electron chi connectivity index (χ2n) is 17.8. The fourth-order valence-electron chi connectivity index (χ4n) is 22.1. The molecule has 10 saturated heterocycles. The Morgan fingerprint density at radius 1 is 0.596 bits per heavy atom. The van der Waals surface area contributed by atoms with Crippen LogP contribution in [0.5, 0.6) is 23.0 Å². The average Bonchev–Trinajstić information content (AvgIpc) is 4.08. The Hall–Kier alpha value is -2.58.